The van der Waals surface area contributed by atoms with Gasteiger partial charge in [0.15, 0.2) is 6.61 Å². The fourth-order valence-corrected chi connectivity index (χ4v) is 2.18. The van der Waals surface area contributed by atoms with Gasteiger partial charge in [-0.05, 0) is 46.3 Å². The first kappa shape index (κ1) is 16.3. The van der Waals surface area contributed by atoms with E-state index in [0.29, 0.717) is 20.9 Å². The van der Waals surface area contributed by atoms with Crippen molar-refractivity contribution in [3.63, 3.8) is 0 Å². The summed E-state index contributed by atoms with van der Waals surface area (Å²) in [5.74, 6) is 0.131. The molecule has 1 amide bonds. The fraction of sp³-hybridized carbons (Fsp3) is 0.0714. The van der Waals surface area contributed by atoms with Gasteiger partial charge in [0, 0.05) is 21.6 Å². The first-order valence-corrected chi connectivity index (χ1v) is 7.25. The predicted molar refractivity (Wildman–Crippen MR) is 86.4 cm³/mol. The van der Waals surface area contributed by atoms with Crippen molar-refractivity contribution in [2.45, 2.75) is 0 Å². The van der Waals surface area contributed by atoms with Crippen LogP contribution in [0.25, 0.3) is 0 Å². The first-order valence-electron chi connectivity index (χ1n) is 6.08. The molecule has 0 saturated heterocycles. The number of ether oxygens (including phenoxy) is 1. The maximum Gasteiger partial charge on any atom is 0.270 e. The Balaban J connectivity index is 1.94. The molecule has 2 rings (SSSR count). The average Bonchev–Trinajstić information content (AvgIpc) is 2.48. The van der Waals surface area contributed by atoms with Gasteiger partial charge in [-0.2, -0.15) is 0 Å². The Morgan fingerprint density at radius 2 is 1.95 bits per heavy atom. The van der Waals surface area contributed by atoms with E-state index in [1.54, 1.807) is 24.3 Å². The average molecular weight is 386 g/mol. The van der Waals surface area contributed by atoms with E-state index in [-0.39, 0.29) is 18.2 Å². The van der Waals surface area contributed by atoms with Crippen molar-refractivity contribution >= 4 is 44.8 Å². The Labute approximate surface area is 139 Å². The van der Waals surface area contributed by atoms with Crippen LogP contribution in [0.5, 0.6) is 5.75 Å². The van der Waals surface area contributed by atoms with Crippen molar-refractivity contribution in [3.8, 4) is 5.75 Å². The molecule has 0 atom stereocenters. The Morgan fingerprint density at radius 1 is 1.27 bits per heavy atom. The van der Waals surface area contributed by atoms with Crippen LogP contribution >= 0.6 is 27.5 Å². The number of anilines is 1. The van der Waals surface area contributed by atoms with Crippen LogP contribution in [0.15, 0.2) is 46.9 Å². The van der Waals surface area contributed by atoms with Crippen LogP contribution in [-0.2, 0) is 4.79 Å². The smallest absolute Gasteiger partial charge is 0.270 e. The second kappa shape index (κ2) is 7.24. The second-order valence-electron chi connectivity index (χ2n) is 4.21. The van der Waals surface area contributed by atoms with Crippen LogP contribution in [0, 0.1) is 10.1 Å². The summed E-state index contributed by atoms with van der Waals surface area (Å²) in [4.78, 5) is 21.9. The number of non-ortho nitro benzene ring substituents is 1. The van der Waals surface area contributed by atoms with Gasteiger partial charge in [0.1, 0.15) is 5.75 Å². The van der Waals surface area contributed by atoms with Crippen LogP contribution in [0.4, 0.5) is 11.4 Å². The van der Waals surface area contributed by atoms with Gasteiger partial charge in [-0.25, -0.2) is 0 Å². The van der Waals surface area contributed by atoms with E-state index in [1.807, 2.05) is 0 Å². The van der Waals surface area contributed by atoms with Crippen molar-refractivity contribution in [2.75, 3.05) is 11.9 Å². The lowest BCUT2D eigenvalue weighted by Crippen LogP contribution is -2.20. The summed E-state index contributed by atoms with van der Waals surface area (Å²) in [6, 6.07) is 10.7. The maximum atomic E-state index is 11.8. The van der Waals surface area contributed by atoms with Crippen LogP contribution in [0.2, 0.25) is 5.02 Å². The molecule has 22 heavy (non-hydrogen) atoms. The van der Waals surface area contributed by atoms with Gasteiger partial charge in [0.25, 0.3) is 11.6 Å². The molecule has 0 unspecified atom stereocenters. The Bertz CT molecular complexity index is 706. The van der Waals surface area contributed by atoms with E-state index in [4.69, 9.17) is 16.3 Å². The zero-order valence-electron chi connectivity index (χ0n) is 11.1. The Morgan fingerprint density at radius 3 is 2.55 bits per heavy atom. The first-order chi connectivity index (χ1) is 10.5. The van der Waals surface area contributed by atoms with E-state index < -0.39 is 4.92 Å². The number of amides is 1. The molecule has 114 valence electrons. The van der Waals surface area contributed by atoms with Gasteiger partial charge >= 0.3 is 0 Å². The van der Waals surface area contributed by atoms with Crippen LogP contribution in [0.3, 0.4) is 0 Å². The van der Waals surface area contributed by atoms with Crippen molar-refractivity contribution in [2.24, 2.45) is 0 Å². The number of benzene rings is 2. The summed E-state index contributed by atoms with van der Waals surface area (Å²) in [5, 5.41) is 13.8. The quantitative estimate of drug-likeness (QED) is 0.622. The Hall–Kier alpha value is -2.12. The van der Waals surface area contributed by atoms with Gasteiger partial charge in [0.2, 0.25) is 0 Å². The van der Waals surface area contributed by atoms with Crippen molar-refractivity contribution in [1.82, 2.24) is 0 Å². The number of nitro groups is 1. The summed E-state index contributed by atoms with van der Waals surface area (Å²) >= 11 is 8.92. The van der Waals surface area contributed by atoms with E-state index in [9.17, 15) is 14.9 Å². The molecule has 0 heterocycles. The van der Waals surface area contributed by atoms with Gasteiger partial charge < -0.3 is 10.1 Å². The number of nitrogens with zero attached hydrogens (tertiary/aromatic N) is 1. The predicted octanol–water partition coefficient (Wildman–Crippen LogP) is 4.03. The van der Waals surface area contributed by atoms with Crippen molar-refractivity contribution in [1.29, 1.82) is 0 Å². The highest BCUT2D eigenvalue weighted by atomic mass is 79.9. The standard InChI is InChI=1S/C14H10BrClN2O4/c15-12-7-10(18(20)21)3-6-13(12)17-14(19)8-22-11-4-1-9(16)2-5-11/h1-7H,8H2,(H,17,19). The molecule has 2 aromatic rings. The molecular weight excluding hydrogens is 376 g/mol. The third-order valence-corrected chi connectivity index (χ3v) is 3.53. The summed E-state index contributed by atoms with van der Waals surface area (Å²) in [6.45, 7) is -0.189. The van der Waals surface area contributed by atoms with Crippen molar-refractivity contribution in [3.05, 3.63) is 62.1 Å². The van der Waals surface area contributed by atoms with Crippen LogP contribution in [-0.4, -0.2) is 17.4 Å². The topological polar surface area (TPSA) is 81.5 Å². The lowest BCUT2D eigenvalue weighted by atomic mass is 10.3. The highest BCUT2D eigenvalue weighted by Gasteiger charge is 2.11. The zero-order valence-corrected chi connectivity index (χ0v) is 13.4. The van der Waals surface area contributed by atoms with E-state index >= 15 is 0 Å². The molecule has 0 aliphatic rings. The number of hydrogen-bond donors (Lipinski definition) is 1. The van der Waals surface area contributed by atoms with Crippen LogP contribution in [0.1, 0.15) is 0 Å². The van der Waals surface area contributed by atoms with E-state index in [1.165, 1.54) is 18.2 Å². The molecule has 8 heteroatoms. The SMILES string of the molecule is O=C(COc1ccc(Cl)cc1)Nc1ccc([N+](=O)[O-])cc1Br. The monoisotopic (exact) mass is 384 g/mol. The zero-order chi connectivity index (χ0) is 16.1. The third kappa shape index (κ3) is 4.44. The molecule has 1 N–H and O–H groups in total. The molecular formula is C14H10BrClN2O4. The molecule has 0 bridgehead atoms. The third-order valence-electron chi connectivity index (χ3n) is 2.62. The minimum Gasteiger partial charge on any atom is -0.484 e. The molecule has 6 nitrogen and oxygen atoms in total. The lowest BCUT2D eigenvalue weighted by molar-refractivity contribution is -0.384. The molecule has 0 aliphatic heterocycles. The molecule has 0 aliphatic carbocycles. The number of carbonyl (C=O) groups excluding carboxylic acids is 1. The maximum absolute atomic E-state index is 11.8. The number of carbonyl (C=O) groups is 1. The normalized spacial score (nSPS) is 10.1. The highest BCUT2D eigenvalue weighted by molar-refractivity contribution is 9.10. The number of hydrogen-bond acceptors (Lipinski definition) is 4. The van der Waals surface area contributed by atoms with Crippen molar-refractivity contribution < 1.29 is 14.5 Å². The highest BCUT2D eigenvalue weighted by Crippen LogP contribution is 2.27. The number of nitrogens with one attached hydrogen (secondary N) is 1. The van der Waals surface area contributed by atoms with Gasteiger partial charge in [-0.1, -0.05) is 11.6 Å². The molecule has 0 radical (unpaired) electrons. The fourth-order valence-electron chi connectivity index (χ4n) is 1.58. The minimum atomic E-state index is -0.514. The molecule has 0 aromatic heterocycles. The number of rotatable bonds is 5. The number of nitro benzene ring substituents is 1. The molecule has 0 fully saturated rings. The van der Waals surface area contributed by atoms with Gasteiger partial charge in [0.05, 0.1) is 10.6 Å². The van der Waals surface area contributed by atoms with E-state index in [2.05, 4.69) is 21.2 Å². The Kier molecular flexibility index (Phi) is 5.35. The molecule has 0 spiro atoms. The molecule has 0 saturated carbocycles. The van der Waals surface area contributed by atoms with Crippen LogP contribution < -0.4 is 10.1 Å². The summed E-state index contributed by atoms with van der Waals surface area (Å²) < 4.78 is 5.72. The van der Waals surface area contributed by atoms with E-state index in [0.717, 1.165) is 0 Å². The van der Waals surface area contributed by atoms with Gasteiger partial charge in [-0.15, -0.1) is 0 Å². The molecule has 2 aromatic carbocycles. The largest absolute Gasteiger partial charge is 0.484 e. The van der Waals surface area contributed by atoms with Gasteiger partial charge in [-0.3, -0.25) is 14.9 Å². The minimum absolute atomic E-state index is 0.0673. The summed E-state index contributed by atoms with van der Waals surface area (Å²) in [5.41, 5.74) is 0.359. The second-order valence-corrected chi connectivity index (χ2v) is 5.50. The summed E-state index contributed by atoms with van der Waals surface area (Å²) in [6.07, 6.45) is 0. The lowest BCUT2D eigenvalue weighted by Gasteiger charge is -2.09. The summed E-state index contributed by atoms with van der Waals surface area (Å²) in [7, 11) is 0. The number of halogens is 2.